The summed E-state index contributed by atoms with van der Waals surface area (Å²) in [7, 11) is 0. The number of allylic oxidation sites excluding steroid dienone is 1. The number of hydrogen-bond acceptors (Lipinski definition) is 3. The average molecular weight is 407 g/mol. The molecule has 24 heavy (non-hydrogen) atoms. The van der Waals surface area contributed by atoms with Crippen LogP contribution in [0, 0.1) is 11.3 Å². The van der Waals surface area contributed by atoms with E-state index in [1.54, 1.807) is 12.1 Å². The Morgan fingerprint density at radius 3 is 2.42 bits per heavy atom. The van der Waals surface area contributed by atoms with Gasteiger partial charge in [-0.1, -0.05) is 39.7 Å². The number of nitriles is 1. The normalized spacial score (nSPS) is 11.0. The van der Waals surface area contributed by atoms with Gasteiger partial charge < -0.3 is 9.47 Å². The second-order valence-corrected chi connectivity index (χ2v) is 6.20. The zero-order valence-corrected chi connectivity index (χ0v) is 15.8. The Hall–Kier alpha value is -1.96. The molecule has 0 N–H and O–H groups in total. The molecule has 0 aromatic heterocycles. The van der Waals surface area contributed by atoms with Crippen LogP contribution in [0.15, 0.2) is 40.9 Å². The van der Waals surface area contributed by atoms with Crippen LogP contribution in [0.2, 0.25) is 5.02 Å². The van der Waals surface area contributed by atoms with E-state index >= 15 is 0 Å². The molecule has 0 spiro atoms. The maximum Gasteiger partial charge on any atom is 0.179 e. The van der Waals surface area contributed by atoms with Crippen LogP contribution in [-0.4, -0.2) is 13.2 Å². The second-order valence-electron chi connectivity index (χ2n) is 4.87. The first-order chi connectivity index (χ1) is 11.6. The molecule has 0 aliphatic carbocycles. The van der Waals surface area contributed by atoms with E-state index in [4.69, 9.17) is 21.1 Å². The molecular weight excluding hydrogens is 390 g/mol. The average Bonchev–Trinajstić information content (AvgIpc) is 2.57. The van der Waals surface area contributed by atoms with Crippen LogP contribution < -0.4 is 9.47 Å². The van der Waals surface area contributed by atoms with Gasteiger partial charge in [-0.05, 0) is 55.3 Å². The highest BCUT2D eigenvalue weighted by atomic mass is 79.9. The predicted molar refractivity (Wildman–Crippen MR) is 101 cm³/mol. The maximum absolute atomic E-state index is 9.47. The van der Waals surface area contributed by atoms with Crippen molar-refractivity contribution in [1.82, 2.24) is 0 Å². The molecule has 124 valence electrons. The monoisotopic (exact) mass is 405 g/mol. The molecule has 5 heteroatoms. The van der Waals surface area contributed by atoms with Crippen molar-refractivity contribution < 1.29 is 9.47 Å². The van der Waals surface area contributed by atoms with Crippen molar-refractivity contribution in [2.45, 2.75) is 13.8 Å². The van der Waals surface area contributed by atoms with Crippen molar-refractivity contribution >= 4 is 39.2 Å². The van der Waals surface area contributed by atoms with Crippen molar-refractivity contribution in [2.75, 3.05) is 13.2 Å². The van der Waals surface area contributed by atoms with E-state index in [1.807, 2.05) is 44.2 Å². The Morgan fingerprint density at radius 2 is 1.83 bits per heavy atom. The van der Waals surface area contributed by atoms with Gasteiger partial charge in [0.05, 0.1) is 29.9 Å². The highest BCUT2D eigenvalue weighted by molar-refractivity contribution is 9.10. The molecule has 3 nitrogen and oxygen atoms in total. The van der Waals surface area contributed by atoms with Gasteiger partial charge in [-0.2, -0.15) is 5.26 Å². The summed E-state index contributed by atoms with van der Waals surface area (Å²) in [6, 6.07) is 13.4. The predicted octanol–water partition coefficient (Wildman–Crippen LogP) is 5.96. The van der Waals surface area contributed by atoms with Crippen LogP contribution in [0.3, 0.4) is 0 Å². The third-order valence-corrected chi connectivity index (χ3v) is 4.02. The van der Waals surface area contributed by atoms with Crippen LogP contribution in [0.1, 0.15) is 25.0 Å². The number of nitrogens with zero attached hydrogens (tertiary/aromatic N) is 1. The van der Waals surface area contributed by atoms with Crippen molar-refractivity contribution in [3.8, 4) is 17.6 Å². The fraction of sp³-hybridized carbons (Fsp3) is 0.211. The fourth-order valence-corrected chi connectivity index (χ4v) is 2.73. The minimum Gasteiger partial charge on any atom is -0.490 e. The van der Waals surface area contributed by atoms with Crippen LogP contribution in [-0.2, 0) is 0 Å². The quantitative estimate of drug-likeness (QED) is 0.439. The first-order valence-electron chi connectivity index (χ1n) is 7.55. The number of hydrogen-bond donors (Lipinski definition) is 0. The van der Waals surface area contributed by atoms with E-state index in [0.717, 1.165) is 15.6 Å². The molecule has 0 bridgehead atoms. The highest BCUT2D eigenvalue weighted by Gasteiger charge is 2.12. The summed E-state index contributed by atoms with van der Waals surface area (Å²) in [5.74, 6) is 1.10. The Labute approximate surface area is 155 Å². The summed E-state index contributed by atoms with van der Waals surface area (Å²) in [4.78, 5) is 0. The molecule has 0 saturated carbocycles. The van der Waals surface area contributed by atoms with Gasteiger partial charge in [-0.3, -0.25) is 0 Å². The third kappa shape index (κ3) is 4.53. The van der Waals surface area contributed by atoms with E-state index in [0.29, 0.717) is 35.3 Å². The van der Waals surface area contributed by atoms with Crippen molar-refractivity contribution in [1.29, 1.82) is 5.26 Å². The lowest BCUT2D eigenvalue weighted by Crippen LogP contribution is -1.99. The van der Waals surface area contributed by atoms with Gasteiger partial charge >= 0.3 is 0 Å². The molecule has 2 aromatic carbocycles. The molecule has 2 aromatic rings. The van der Waals surface area contributed by atoms with Gasteiger partial charge in [0.25, 0.3) is 0 Å². The number of benzene rings is 2. The van der Waals surface area contributed by atoms with E-state index < -0.39 is 0 Å². The highest BCUT2D eigenvalue weighted by Crippen LogP contribution is 2.37. The van der Waals surface area contributed by atoms with Crippen molar-refractivity contribution in [2.24, 2.45) is 0 Å². The molecule has 2 rings (SSSR count). The summed E-state index contributed by atoms with van der Waals surface area (Å²) in [6.07, 6.45) is 1.79. The maximum atomic E-state index is 9.47. The molecule has 0 atom stereocenters. The fourth-order valence-electron chi connectivity index (χ4n) is 2.19. The minimum atomic E-state index is 0.460. The molecule has 0 saturated heterocycles. The SMILES string of the molecule is CCOc1cc(/C=C(\C#N)c2ccc(Br)cc2)cc(Cl)c1OCC. The van der Waals surface area contributed by atoms with Crippen LogP contribution >= 0.6 is 27.5 Å². The molecule has 0 amide bonds. The summed E-state index contributed by atoms with van der Waals surface area (Å²) < 4.78 is 12.1. The van der Waals surface area contributed by atoms with Gasteiger partial charge in [0.2, 0.25) is 0 Å². The van der Waals surface area contributed by atoms with E-state index in [2.05, 4.69) is 22.0 Å². The zero-order valence-electron chi connectivity index (χ0n) is 13.5. The van der Waals surface area contributed by atoms with E-state index in [1.165, 1.54) is 0 Å². The summed E-state index contributed by atoms with van der Waals surface area (Å²) in [5.41, 5.74) is 2.17. The van der Waals surface area contributed by atoms with Gasteiger partial charge in [-0.15, -0.1) is 0 Å². The summed E-state index contributed by atoms with van der Waals surface area (Å²) >= 11 is 9.71. The van der Waals surface area contributed by atoms with Crippen molar-refractivity contribution in [3.05, 3.63) is 57.0 Å². The Kier molecular flexibility index (Phi) is 6.72. The minimum absolute atomic E-state index is 0.460. The standard InChI is InChI=1S/C19H17BrClNO2/c1-3-23-18-11-13(10-17(21)19(18)24-4-2)9-15(12-22)14-5-7-16(20)8-6-14/h5-11H,3-4H2,1-2H3/b15-9+. The van der Waals surface area contributed by atoms with Gasteiger partial charge in [0.1, 0.15) is 0 Å². The Bertz CT molecular complexity index is 779. The van der Waals surface area contributed by atoms with Crippen LogP contribution in [0.25, 0.3) is 11.6 Å². The van der Waals surface area contributed by atoms with Gasteiger partial charge in [0.15, 0.2) is 11.5 Å². The van der Waals surface area contributed by atoms with Gasteiger partial charge in [0, 0.05) is 4.47 Å². The summed E-state index contributed by atoms with van der Waals surface area (Å²) in [5, 5.41) is 9.93. The molecule has 0 aliphatic heterocycles. The molecule has 0 unspecified atom stereocenters. The van der Waals surface area contributed by atoms with E-state index in [9.17, 15) is 5.26 Å². The molecule has 0 fully saturated rings. The van der Waals surface area contributed by atoms with Crippen LogP contribution in [0.4, 0.5) is 0 Å². The topological polar surface area (TPSA) is 42.2 Å². The lowest BCUT2D eigenvalue weighted by atomic mass is 10.0. The molecule has 0 radical (unpaired) electrons. The Balaban J connectivity index is 2.46. The van der Waals surface area contributed by atoms with Crippen LogP contribution in [0.5, 0.6) is 11.5 Å². The zero-order chi connectivity index (χ0) is 17.5. The number of halogens is 2. The van der Waals surface area contributed by atoms with Crippen molar-refractivity contribution in [3.63, 3.8) is 0 Å². The number of ether oxygens (including phenoxy) is 2. The first-order valence-corrected chi connectivity index (χ1v) is 8.73. The lowest BCUT2D eigenvalue weighted by Gasteiger charge is -2.13. The first kappa shape index (κ1) is 18.4. The smallest absolute Gasteiger partial charge is 0.179 e. The second kappa shape index (κ2) is 8.77. The molecular formula is C19H17BrClNO2. The molecule has 0 heterocycles. The van der Waals surface area contributed by atoms with Gasteiger partial charge in [-0.25, -0.2) is 0 Å². The lowest BCUT2D eigenvalue weighted by molar-refractivity contribution is 0.288. The Morgan fingerprint density at radius 1 is 1.17 bits per heavy atom. The molecule has 0 aliphatic rings. The van der Waals surface area contributed by atoms with E-state index in [-0.39, 0.29) is 0 Å². The largest absolute Gasteiger partial charge is 0.490 e. The number of rotatable bonds is 6. The third-order valence-electron chi connectivity index (χ3n) is 3.21. The summed E-state index contributed by atoms with van der Waals surface area (Å²) in [6.45, 7) is 4.79.